The van der Waals surface area contributed by atoms with Gasteiger partial charge in [-0.15, -0.1) is 0 Å². The maximum absolute atomic E-state index is 11.5. The Bertz CT molecular complexity index is 405. The molecule has 104 valence electrons. The average Bonchev–Trinajstić information content (AvgIpc) is 2.46. The molecule has 1 saturated carbocycles. The lowest BCUT2D eigenvalue weighted by Gasteiger charge is -2.22. The van der Waals surface area contributed by atoms with Crippen LogP contribution in [0.25, 0.3) is 0 Å². The Morgan fingerprint density at radius 2 is 1.79 bits per heavy atom. The number of hydrogen-bond donors (Lipinski definition) is 1. The zero-order valence-electron chi connectivity index (χ0n) is 12.0. The summed E-state index contributed by atoms with van der Waals surface area (Å²) in [6.45, 7) is 0.357. The summed E-state index contributed by atoms with van der Waals surface area (Å²) in [4.78, 5) is 13.1. The van der Waals surface area contributed by atoms with Crippen molar-refractivity contribution in [3.63, 3.8) is 0 Å². The number of amides is 1. The van der Waals surface area contributed by atoms with E-state index in [2.05, 4.69) is 29.6 Å². The van der Waals surface area contributed by atoms with Crippen molar-refractivity contribution >= 4 is 11.6 Å². The average molecular weight is 260 g/mol. The van der Waals surface area contributed by atoms with E-state index in [0.29, 0.717) is 6.54 Å². The van der Waals surface area contributed by atoms with Gasteiger partial charge in [-0.1, -0.05) is 31.4 Å². The predicted octanol–water partition coefficient (Wildman–Crippen LogP) is 3.23. The molecule has 1 aliphatic rings. The van der Waals surface area contributed by atoms with E-state index in [1.807, 2.05) is 0 Å². The number of benzene rings is 1. The Balaban J connectivity index is 1.89. The highest BCUT2D eigenvalue weighted by atomic mass is 16.2. The third-order valence-corrected chi connectivity index (χ3v) is 3.93. The van der Waals surface area contributed by atoms with Crippen LogP contribution in [0.5, 0.6) is 0 Å². The van der Waals surface area contributed by atoms with Crippen LogP contribution in [0.2, 0.25) is 0 Å². The van der Waals surface area contributed by atoms with E-state index in [4.69, 9.17) is 0 Å². The predicted molar refractivity (Wildman–Crippen MR) is 79.5 cm³/mol. The second-order valence-corrected chi connectivity index (χ2v) is 5.60. The van der Waals surface area contributed by atoms with E-state index < -0.39 is 0 Å². The van der Waals surface area contributed by atoms with Crippen LogP contribution in [0.4, 0.5) is 5.69 Å². The molecule has 1 N–H and O–H groups in total. The number of carbonyl (C=O) groups is 1. The van der Waals surface area contributed by atoms with E-state index in [1.165, 1.54) is 37.7 Å². The standard InChI is InChI=1S/C16H24N2O/c1-18(2)16(19)12-17-15-10-8-14(9-11-15)13-6-4-3-5-7-13/h8-11,13,17H,3-7,12H2,1-2H3. The van der Waals surface area contributed by atoms with Crippen molar-refractivity contribution in [3.8, 4) is 0 Å². The number of likely N-dealkylation sites (N-methyl/N-ethyl adjacent to an activating group) is 1. The molecule has 1 aliphatic carbocycles. The van der Waals surface area contributed by atoms with E-state index in [-0.39, 0.29) is 5.91 Å². The molecular weight excluding hydrogens is 236 g/mol. The molecule has 0 unspecified atom stereocenters. The maximum Gasteiger partial charge on any atom is 0.241 e. The van der Waals surface area contributed by atoms with Gasteiger partial charge in [0.2, 0.25) is 5.91 Å². The zero-order valence-corrected chi connectivity index (χ0v) is 12.0. The molecule has 1 amide bonds. The summed E-state index contributed by atoms with van der Waals surface area (Å²) in [7, 11) is 3.55. The van der Waals surface area contributed by atoms with Gasteiger partial charge >= 0.3 is 0 Å². The normalized spacial score (nSPS) is 16.1. The first-order valence-corrected chi connectivity index (χ1v) is 7.21. The number of nitrogens with one attached hydrogen (secondary N) is 1. The van der Waals surface area contributed by atoms with Crippen molar-refractivity contribution in [2.75, 3.05) is 26.0 Å². The Hall–Kier alpha value is -1.51. The Morgan fingerprint density at radius 3 is 2.37 bits per heavy atom. The highest BCUT2D eigenvalue weighted by Crippen LogP contribution is 2.32. The van der Waals surface area contributed by atoms with Crippen molar-refractivity contribution < 1.29 is 4.79 Å². The van der Waals surface area contributed by atoms with Crippen LogP contribution in [-0.2, 0) is 4.79 Å². The van der Waals surface area contributed by atoms with Crippen LogP contribution in [0, 0.1) is 0 Å². The van der Waals surface area contributed by atoms with Crippen LogP contribution in [0.1, 0.15) is 43.6 Å². The minimum atomic E-state index is 0.0938. The lowest BCUT2D eigenvalue weighted by atomic mass is 9.84. The molecule has 0 saturated heterocycles. The molecule has 3 nitrogen and oxygen atoms in total. The molecule has 2 rings (SSSR count). The Morgan fingerprint density at radius 1 is 1.16 bits per heavy atom. The van der Waals surface area contributed by atoms with E-state index in [1.54, 1.807) is 19.0 Å². The van der Waals surface area contributed by atoms with Crippen molar-refractivity contribution in [1.29, 1.82) is 0 Å². The smallest absolute Gasteiger partial charge is 0.241 e. The largest absolute Gasteiger partial charge is 0.376 e. The first kappa shape index (κ1) is 13.9. The third-order valence-electron chi connectivity index (χ3n) is 3.93. The second kappa shape index (κ2) is 6.60. The summed E-state index contributed by atoms with van der Waals surface area (Å²) >= 11 is 0. The number of hydrogen-bond acceptors (Lipinski definition) is 2. The number of anilines is 1. The molecule has 0 radical (unpaired) electrons. The Labute approximate surface area is 116 Å². The van der Waals surface area contributed by atoms with Gasteiger partial charge in [0.25, 0.3) is 0 Å². The van der Waals surface area contributed by atoms with Crippen molar-refractivity contribution in [3.05, 3.63) is 29.8 Å². The Kier molecular flexibility index (Phi) is 4.83. The summed E-state index contributed by atoms with van der Waals surface area (Å²) in [6, 6.07) is 8.59. The monoisotopic (exact) mass is 260 g/mol. The van der Waals surface area contributed by atoms with Crippen LogP contribution >= 0.6 is 0 Å². The van der Waals surface area contributed by atoms with Crippen molar-refractivity contribution in [2.24, 2.45) is 0 Å². The maximum atomic E-state index is 11.5. The van der Waals surface area contributed by atoms with E-state index in [9.17, 15) is 4.79 Å². The summed E-state index contributed by atoms with van der Waals surface area (Å²) < 4.78 is 0. The van der Waals surface area contributed by atoms with Crippen molar-refractivity contribution in [1.82, 2.24) is 4.90 Å². The van der Waals surface area contributed by atoms with Crippen molar-refractivity contribution in [2.45, 2.75) is 38.0 Å². The van der Waals surface area contributed by atoms with Crippen LogP contribution in [0.15, 0.2) is 24.3 Å². The highest BCUT2D eigenvalue weighted by molar-refractivity contribution is 5.80. The number of carbonyl (C=O) groups excluding carboxylic acids is 1. The van der Waals surface area contributed by atoms with Gasteiger partial charge in [0.15, 0.2) is 0 Å². The van der Waals surface area contributed by atoms with Gasteiger partial charge in [0.05, 0.1) is 6.54 Å². The molecule has 3 heteroatoms. The fourth-order valence-corrected chi connectivity index (χ4v) is 2.64. The third kappa shape index (κ3) is 3.98. The highest BCUT2D eigenvalue weighted by Gasteiger charge is 2.15. The first-order valence-electron chi connectivity index (χ1n) is 7.21. The number of nitrogens with zero attached hydrogens (tertiary/aromatic N) is 1. The summed E-state index contributed by atoms with van der Waals surface area (Å²) in [5.74, 6) is 0.836. The van der Waals surface area contributed by atoms with Crippen LogP contribution in [-0.4, -0.2) is 31.4 Å². The summed E-state index contributed by atoms with van der Waals surface area (Å²) in [5, 5.41) is 3.16. The fraction of sp³-hybridized carbons (Fsp3) is 0.562. The van der Waals surface area contributed by atoms with Gasteiger partial charge < -0.3 is 10.2 Å². The molecule has 0 heterocycles. The molecule has 1 aromatic rings. The molecule has 0 aromatic heterocycles. The first-order chi connectivity index (χ1) is 9.16. The lowest BCUT2D eigenvalue weighted by Crippen LogP contribution is -2.28. The van der Waals surface area contributed by atoms with Gasteiger partial charge in [0, 0.05) is 19.8 Å². The van der Waals surface area contributed by atoms with Gasteiger partial charge in [0.1, 0.15) is 0 Å². The van der Waals surface area contributed by atoms with Crippen LogP contribution in [0.3, 0.4) is 0 Å². The molecule has 0 atom stereocenters. The van der Waals surface area contributed by atoms with Crippen LogP contribution < -0.4 is 5.32 Å². The van der Waals surface area contributed by atoms with Gasteiger partial charge in [-0.05, 0) is 36.5 Å². The molecule has 0 spiro atoms. The molecule has 19 heavy (non-hydrogen) atoms. The minimum Gasteiger partial charge on any atom is -0.376 e. The summed E-state index contributed by atoms with van der Waals surface area (Å²) in [6.07, 6.45) is 6.77. The van der Waals surface area contributed by atoms with E-state index in [0.717, 1.165) is 11.6 Å². The second-order valence-electron chi connectivity index (χ2n) is 5.60. The quantitative estimate of drug-likeness (QED) is 0.901. The summed E-state index contributed by atoms with van der Waals surface area (Å²) in [5.41, 5.74) is 2.47. The number of rotatable bonds is 4. The van der Waals surface area contributed by atoms with E-state index >= 15 is 0 Å². The molecule has 0 aliphatic heterocycles. The minimum absolute atomic E-state index is 0.0938. The molecule has 1 aromatic carbocycles. The topological polar surface area (TPSA) is 32.3 Å². The molecule has 1 fully saturated rings. The lowest BCUT2D eigenvalue weighted by molar-refractivity contribution is -0.126. The SMILES string of the molecule is CN(C)C(=O)CNc1ccc(C2CCCCC2)cc1. The molecule has 0 bridgehead atoms. The fourth-order valence-electron chi connectivity index (χ4n) is 2.64. The molecular formula is C16H24N2O. The van der Waals surface area contributed by atoms with Gasteiger partial charge in [-0.2, -0.15) is 0 Å². The van der Waals surface area contributed by atoms with Gasteiger partial charge in [-0.3, -0.25) is 4.79 Å². The zero-order chi connectivity index (χ0) is 13.7. The van der Waals surface area contributed by atoms with Gasteiger partial charge in [-0.25, -0.2) is 0 Å².